The van der Waals surface area contributed by atoms with Gasteiger partial charge in [-0.1, -0.05) is 0 Å². The summed E-state index contributed by atoms with van der Waals surface area (Å²) >= 11 is 0. The van der Waals surface area contributed by atoms with E-state index in [0.717, 1.165) is 36.4 Å². The average molecular weight is 326 g/mol. The van der Waals surface area contributed by atoms with E-state index in [2.05, 4.69) is 0 Å². The van der Waals surface area contributed by atoms with E-state index in [9.17, 15) is 28.1 Å². The Bertz CT molecular complexity index is 768. The summed E-state index contributed by atoms with van der Waals surface area (Å²) in [7, 11) is 0. The molecule has 0 atom stereocenters. The predicted octanol–water partition coefficient (Wildman–Crippen LogP) is 3.03. The van der Waals surface area contributed by atoms with E-state index in [1.807, 2.05) is 5.32 Å². The number of nitro benzene ring substituents is 1. The number of benzene rings is 2. The second kappa shape index (κ2) is 6.77. The normalized spacial score (nSPS) is 10.2. The summed E-state index contributed by atoms with van der Waals surface area (Å²) in [6.07, 6.45) is 0. The molecule has 0 fully saturated rings. The smallest absolute Gasteiger partial charge is 0.311 e. The predicted molar refractivity (Wildman–Crippen MR) is 73.5 cm³/mol. The van der Waals surface area contributed by atoms with Crippen molar-refractivity contribution in [3.63, 3.8) is 0 Å². The van der Waals surface area contributed by atoms with Crippen LogP contribution in [0.4, 0.5) is 24.5 Å². The van der Waals surface area contributed by atoms with Crippen molar-refractivity contribution in [2.24, 2.45) is 0 Å². The first kappa shape index (κ1) is 16.3. The molecular formula is C14H9F3N2O4. The number of carbonyl (C=O) groups is 1. The fraction of sp³-hybridized carbons (Fsp3) is 0.0714. The zero-order valence-electron chi connectivity index (χ0n) is 11.4. The minimum absolute atomic E-state index is 0.410. The summed E-state index contributed by atoms with van der Waals surface area (Å²) < 4.78 is 44.3. The molecule has 0 aromatic heterocycles. The largest absolute Gasteiger partial charge is 0.477 e. The molecule has 0 aliphatic carbocycles. The minimum atomic E-state index is -0.895. The number of nitrogens with one attached hydrogen (secondary N) is 1. The Balaban J connectivity index is 2.06. The Hall–Kier alpha value is -3.10. The van der Waals surface area contributed by atoms with Crippen LogP contribution in [0.5, 0.6) is 5.75 Å². The summed E-state index contributed by atoms with van der Waals surface area (Å²) in [5, 5.41) is 12.8. The molecule has 2 rings (SSSR count). The van der Waals surface area contributed by atoms with Crippen molar-refractivity contribution in [2.75, 3.05) is 11.9 Å². The van der Waals surface area contributed by atoms with Gasteiger partial charge in [-0.2, -0.15) is 0 Å². The fourth-order valence-corrected chi connectivity index (χ4v) is 1.68. The van der Waals surface area contributed by atoms with Gasteiger partial charge in [0.25, 0.3) is 5.91 Å². The van der Waals surface area contributed by atoms with Gasteiger partial charge >= 0.3 is 5.69 Å². The molecular weight excluding hydrogens is 317 g/mol. The molecule has 0 bridgehead atoms. The molecule has 0 heterocycles. The molecule has 0 aliphatic rings. The van der Waals surface area contributed by atoms with E-state index in [-0.39, 0.29) is 0 Å². The second-order valence-corrected chi connectivity index (χ2v) is 4.33. The molecule has 1 N–H and O–H groups in total. The Morgan fingerprint density at radius 1 is 1.13 bits per heavy atom. The molecule has 120 valence electrons. The van der Waals surface area contributed by atoms with E-state index in [0.29, 0.717) is 0 Å². The zero-order chi connectivity index (χ0) is 17.0. The number of carbonyl (C=O) groups excluding carboxylic acids is 1. The summed E-state index contributed by atoms with van der Waals surface area (Å²) in [6, 6.07) is 4.95. The Morgan fingerprint density at radius 3 is 2.48 bits per heavy atom. The lowest BCUT2D eigenvalue weighted by molar-refractivity contribution is -0.385. The molecule has 2 aromatic carbocycles. The zero-order valence-corrected chi connectivity index (χ0v) is 11.4. The van der Waals surface area contributed by atoms with Gasteiger partial charge in [-0.25, -0.2) is 13.2 Å². The van der Waals surface area contributed by atoms with Crippen molar-refractivity contribution in [3.8, 4) is 5.75 Å². The third-order valence-corrected chi connectivity index (χ3v) is 2.68. The SMILES string of the molecule is O=C(COc1cc(F)ccc1[N+](=O)[O-])Nc1cc(F)ccc1F. The van der Waals surface area contributed by atoms with Gasteiger partial charge in [-0.05, 0) is 18.2 Å². The average Bonchev–Trinajstić information content (AvgIpc) is 2.48. The number of halogens is 3. The van der Waals surface area contributed by atoms with Crippen molar-refractivity contribution in [2.45, 2.75) is 0 Å². The lowest BCUT2D eigenvalue weighted by Gasteiger charge is -2.08. The topological polar surface area (TPSA) is 81.5 Å². The summed E-state index contributed by atoms with van der Waals surface area (Å²) in [4.78, 5) is 21.6. The van der Waals surface area contributed by atoms with Crippen LogP contribution in [-0.2, 0) is 4.79 Å². The number of hydrogen-bond donors (Lipinski definition) is 1. The molecule has 0 saturated heterocycles. The summed E-state index contributed by atoms with van der Waals surface area (Å²) in [5.41, 5.74) is -0.941. The monoisotopic (exact) mass is 326 g/mol. The van der Waals surface area contributed by atoms with Crippen LogP contribution in [0.15, 0.2) is 36.4 Å². The number of rotatable bonds is 5. The molecule has 23 heavy (non-hydrogen) atoms. The van der Waals surface area contributed by atoms with E-state index < -0.39 is 52.0 Å². The van der Waals surface area contributed by atoms with Gasteiger partial charge in [-0.15, -0.1) is 0 Å². The lowest BCUT2D eigenvalue weighted by atomic mass is 10.3. The number of ether oxygens (including phenoxy) is 1. The molecule has 0 radical (unpaired) electrons. The first-order chi connectivity index (χ1) is 10.9. The van der Waals surface area contributed by atoms with Crippen LogP contribution in [0.1, 0.15) is 0 Å². The standard InChI is InChI=1S/C14H9F3N2O4/c15-8-1-3-10(17)11(5-8)18-14(20)7-23-13-6-9(16)2-4-12(13)19(21)22/h1-6H,7H2,(H,18,20). The second-order valence-electron chi connectivity index (χ2n) is 4.33. The highest BCUT2D eigenvalue weighted by Gasteiger charge is 2.17. The van der Waals surface area contributed by atoms with Gasteiger partial charge in [0.15, 0.2) is 6.61 Å². The fourth-order valence-electron chi connectivity index (χ4n) is 1.68. The molecule has 0 aliphatic heterocycles. The maximum atomic E-state index is 13.4. The Kier molecular flexibility index (Phi) is 4.79. The number of hydrogen-bond acceptors (Lipinski definition) is 4. The molecule has 9 heteroatoms. The van der Waals surface area contributed by atoms with Gasteiger partial charge in [0.05, 0.1) is 10.6 Å². The molecule has 1 amide bonds. The van der Waals surface area contributed by atoms with Crippen molar-refractivity contribution in [3.05, 3.63) is 64.0 Å². The van der Waals surface area contributed by atoms with Gasteiger partial charge < -0.3 is 10.1 Å². The van der Waals surface area contributed by atoms with Crippen LogP contribution < -0.4 is 10.1 Å². The van der Waals surface area contributed by atoms with E-state index in [4.69, 9.17) is 4.74 Å². The highest BCUT2D eigenvalue weighted by molar-refractivity contribution is 5.92. The number of nitrogens with zero attached hydrogens (tertiary/aromatic N) is 1. The van der Waals surface area contributed by atoms with Crippen molar-refractivity contribution in [1.29, 1.82) is 0 Å². The number of nitro groups is 1. The van der Waals surface area contributed by atoms with Crippen LogP contribution in [0.2, 0.25) is 0 Å². The van der Waals surface area contributed by atoms with E-state index >= 15 is 0 Å². The van der Waals surface area contributed by atoms with E-state index in [1.54, 1.807) is 0 Å². The molecule has 0 unspecified atom stereocenters. The van der Waals surface area contributed by atoms with Crippen LogP contribution in [0, 0.1) is 27.6 Å². The summed E-state index contributed by atoms with van der Waals surface area (Å²) in [6.45, 7) is -0.750. The summed E-state index contributed by atoms with van der Waals surface area (Å²) in [5.74, 6) is -3.76. The highest BCUT2D eigenvalue weighted by atomic mass is 19.1. The van der Waals surface area contributed by atoms with Crippen molar-refractivity contribution in [1.82, 2.24) is 0 Å². The van der Waals surface area contributed by atoms with Gasteiger partial charge in [0.1, 0.15) is 17.5 Å². The highest BCUT2D eigenvalue weighted by Crippen LogP contribution is 2.27. The van der Waals surface area contributed by atoms with Crippen LogP contribution in [0.3, 0.4) is 0 Å². The van der Waals surface area contributed by atoms with Crippen LogP contribution in [0.25, 0.3) is 0 Å². The first-order valence-electron chi connectivity index (χ1n) is 6.18. The van der Waals surface area contributed by atoms with Crippen LogP contribution >= 0.6 is 0 Å². The molecule has 6 nitrogen and oxygen atoms in total. The maximum Gasteiger partial charge on any atom is 0.311 e. The van der Waals surface area contributed by atoms with Gasteiger partial charge in [-0.3, -0.25) is 14.9 Å². The molecule has 2 aromatic rings. The number of anilines is 1. The van der Waals surface area contributed by atoms with Gasteiger partial charge in [0, 0.05) is 18.2 Å². The number of amides is 1. The third-order valence-electron chi connectivity index (χ3n) is 2.68. The lowest BCUT2D eigenvalue weighted by Crippen LogP contribution is -2.21. The quantitative estimate of drug-likeness (QED) is 0.676. The third kappa shape index (κ3) is 4.19. The minimum Gasteiger partial charge on any atom is -0.477 e. The Morgan fingerprint density at radius 2 is 1.78 bits per heavy atom. The first-order valence-corrected chi connectivity index (χ1v) is 6.18. The molecule has 0 spiro atoms. The molecule has 0 saturated carbocycles. The van der Waals surface area contributed by atoms with E-state index in [1.165, 1.54) is 0 Å². The van der Waals surface area contributed by atoms with Crippen molar-refractivity contribution < 1.29 is 27.6 Å². The van der Waals surface area contributed by atoms with Gasteiger partial charge in [0.2, 0.25) is 5.75 Å². The maximum absolute atomic E-state index is 13.4. The van der Waals surface area contributed by atoms with Crippen molar-refractivity contribution >= 4 is 17.3 Å². The Labute approximate surface area is 127 Å². The van der Waals surface area contributed by atoms with Crippen LogP contribution in [-0.4, -0.2) is 17.4 Å².